The average Bonchev–Trinajstić information content (AvgIpc) is 2.95. The molecule has 1 saturated heterocycles. The van der Waals surface area contributed by atoms with Crippen LogP contribution in [0.15, 0.2) is 11.8 Å². The minimum Gasteiger partial charge on any atom is -0.550 e. The Hall–Kier alpha value is -1.32. The van der Waals surface area contributed by atoms with Crippen molar-refractivity contribution in [2.24, 2.45) is 40.4 Å². The fraction of sp³-hybridized carbons (Fsp3) is 0.818. The van der Waals surface area contributed by atoms with E-state index in [1.54, 1.807) is 0 Å². The maximum absolute atomic E-state index is 12.2. The highest BCUT2D eigenvalue weighted by Gasteiger charge is 2.59. The van der Waals surface area contributed by atoms with Crippen molar-refractivity contribution >= 4 is 11.9 Å². The molecule has 0 radical (unpaired) electrons. The number of carboxylic acids is 1. The van der Waals surface area contributed by atoms with Gasteiger partial charge in [0.15, 0.2) is 0 Å². The van der Waals surface area contributed by atoms with Gasteiger partial charge in [0.1, 0.15) is 0 Å². The molecule has 1 amide bonds. The van der Waals surface area contributed by atoms with E-state index < -0.39 is 5.97 Å². The van der Waals surface area contributed by atoms with Crippen molar-refractivity contribution in [1.82, 2.24) is 4.90 Å². The number of carbonyl (C=O) groups excluding carboxylic acids is 2. The van der Waals surface area contributed by atoms with Crippen LogP contribution in [0.1, 0.15) is 65.7 Å². The standard InChI is InChI=1S/C22H33NO3/c1-13(20(25)26)15-6-7-16-14-5-8-18-22(3,12-10-19(24)23(18)4)17(14)9-11-21(15,16)2/h8,13-17H,5-7,9-12H2,1-4H3,(H,25,26)/p-1/t13?,14-,15+,16-,17-,21+,22+/m0/s1. The van der Waals surface area contributed by atoms with Crippen molar-refractivity contribution in [2.75, 3.05) is 7.05 Å². The van der Waals surface area contributed by atoms with E-state index in [0.717, 1.165) is 38.5 Å². The van der Waals surface area contributed by atoms with E-state index in [-0.39, 0.29) is 28.6 Å². The monoisotopic (exact) mass is 358 g/mol. The van der Waals surface area contributed by atoms with Crippen molar-refractivity contribution in [3.63, 3.8) is 0 Å². The highest BCUT2D eigenvalue weighted by molar-refractivity contribution is 5.79. The lowest BCUT2D eigenvalue weighted by Gasteiger charge is -2.58. The summed E-state index contributed by atoms with van der Waals surface area (Å²) in [6, 6.07) is 0. The van der Waals surface area contributed by atoms with Crippen LogP contribution >= 0.6 is 0 Å². The molecule has 1 aliphatic heterocycles. The van der Waals surface area contributed by atoms with E-state index in [0.29, 0.717) is 24.2 Å². The van der Waals surface area contributed by atoms with E-state index in [1.165, 1.54) is 5.70 Å². The molecule has 0 aromatic heterocycles. The van der Waals surface area contributed by atoms with Crippen LogP contribution in [0.4, 0.5) is 0 Å². The molecule has 26 heavy (non-hydrogen) atoms. The molecule has 4 rings (SSSR count). The Morgan fingerprint density at radius 1 is 1.23 bits per heavy atom. The predicted octanol–water partition coefficient (Wildman–Crippen LogP) is 2.98. The minimum atomic E-state index is -0.885. The summed E-state index contributed by atoms with van der Waals surface area (Å²) in [6.45, 7) is 6.57. The summed E-state index contributed by atoms with van der Waals surface area (Å²) in [7, 11) is 1.94. The number of allylic oxidation sites excluding steroid dienone is 2. The van der Waals surface area contributed by atoms with E-state index in [1.807, 2.05) is 18.9 Å². The Morgan fingerprint density at radius 3 is 2.65 bits per heavy atom. The number of hydrogen-bond donors (Lipinski definition) is 0. The summed E-state index contributed by atoms with van der Waals surface area (Å²) >= 11 is 0. The van der Waals surface area contributed by atoms with Gasteiger partial charge in [-0.3, -0.25) is 4.79 Å². The Labute approximate surface area is 157 Å². The number of piperidine rings is 1. The van der Waals surface area contributed by atoms with Crippen molar-refractivity contribution < 1.29 is 14.7 Å². The molecule has 4 nitrogen and oxygen atoms in total. The highest BCUT2D eigenvalue weighted by Crippen LogP contribution is 2.66. The molecule has 2 saturated carbocycles. The van der Waals surface area contributed by atoms with Gasteiger partial charge in [-0.2, -0.15) is 0 Å². The maximum Gasteiger partial charge on any atom is 0.226 e. The Balaban J connectivity index is 1.66. The highest BCUT2D eigenvalue weighted by atomic mass is 16.4. The van der Waals surface area contributed by atoms with Gasteiger partial charge in [0.05, 0.1) is 0 Å². The van der Waals surface area contributed by atoms with Crippen molar-refractivity contribution in [1.29, 1.82) is 0 Å². The summed E-state index contributed by atoms with van der Waals surface area (Å²) in [4.78, 5) is 25.6. The fourth-order valence-electron chi connectivity index (χ4n) is 7.61. The molecule has 0 aromatic rings. The summed E-state index contributed by atoms with van der Waals surface area (Å²) in [5.41, 5.74) is 1.47. The molecule has 0 aromatic carbocycles. The number of aliphatic carboxylic acids is 1. The Morgan fingerprint density at radius 2 is 1.96 bits per heavy atom. The minimum absolute atomic E-state index is 0.102. The quantitative estimate of drug-likeness (QED) is 0.762. The van der Waals surface area contributed by atoms with Gasteiger partial charge in [0.25, 0.3) is 0 Å². The summed E-state index contributed by atoms with van der Waals surface area (Å²) in [5.74, 6) is 1.10. The van der Waals surface area contributed by atoms with Gasteiger partial charge in [-0.05, 0) is 73.5 Å². The SMILES string of the molecule is CC(C(=O)[O-])[C@H]1CC[C@H]2[C@@H]3CC=C4N(C)C(=O)CC[C@]4(C)[C@H]3CC[C@]12C. The van der Waals surface area contributed by atoms with E-state index in [9.17, 15) is 14.7 Å². The first-order valence-corrected chi connectivity index (χ1v) is 10.4. The van der Waals surface area contributed by atoms with Gasteiger partial charge < -0.3 is 14.8 Å². The topological polar surface area (TPSA) is 60.4 Å². The number of amides is 1. The number of carbonyl (C=O) groups is 2. The van der Waals surface area contributed by atoms with Gasteiger partial charge in [-0.25, -0.2) is 0 Å². The smallest absolute Gasteiger partial charge is 0.226 e. The van der Waals surface area contributed by atoms with Gasteiger partial charge in [-0.15, -0.1) is 0 Å². The normalized spacial score (nSPS) is 46.1. The van der Waals surface area contributed by atoms with Gasteiger partial charge in [0, 0.05) is 30.5 Å². The lowest BCUT2D eigenvalue weighted by Crippen LogP contribution is -2.54. The van der Waals surface area contributed by atoms with Gasteiger partial charge in [0.2, 0.25) is 5.91 Å². The third-order valence-electron chi connectivity index (χ3n) is 9.07. The van der Waals surface area contributed by atoms with Crippen LogP contribution in [0.25, 0.3) is 0 Å². The molecule has 4 heteroatoms. The third-order valence-corrected chi connectivity index (χ3v) is 9.07. The molecule has 3 aliphatic carbocycles. The summed E-state index contributed by atoms with van der Waals surface area (Å²) in [6.07, 6.45) is 9.43. The molecule has 7 atom stereocenters. The largest absolute Gasteiger partial charge is 0.550 e. The van der Waals surface area contributed by atoms with E-state index >= 15 is 0 Å². The number of likely N-dealkylation sites (tertiary alicyclic amines) is 1. The zero-order chi connectivity index (χ0) is 18.9. The molecule has 1 heterocycles. The second kappa shape index (κ2) is 5.84. The van der Waals surface area contributed by atoms with Crippen LogP contribution < -0.4 is 5.11 Å². The number of nitrogens with zero attached hydrogens (tertiary/aromatic N) is 1. The van der Waals surface area contributed by atoms with Gasteiger partial charge >= 0.3 is 0 Å². The predicted molar refractivity (Wildman–Crippen MR) is 97.5 cm³/mol. The molecule has 0 spiro atoms. The fourth-order valence-corrected chi connectivity index (χ4v) is 7.61. The van der Waals surface area contributed by atoms with E-state index in [4.69, 9.17) is 0 Å². The second-order valence-corrected chi connectivity index (χ2v) is 9.91. The number of carboxylic acid groups (broad SMARTS) is 1. The van der Waals surface area contributed by atoms with Crippen molar-refractivity contribution in [3.05, 3.63) is 11.8 Å². The molecule has 144 valence electrons. The molecular weight excluding hydrogens is 326 g/mol. The summed E-state index contributed by atoms with van der Waals surface area (Å²) in [5, 5.41) is 11.5. The molecule has 3 fully saturated rings. The molecular formula is C22H32NO3-. The van der Waals surface area contributed by atoms with Crippen LogP contribution in [-0.4, -0.2) is 23.8 Å². The first kappa shape index (κ1) is 18.1. The Bertz CT molecular complexity index is 670. The lowest BCUT2D eigenvalue weighted by atomic mass is 9.48. The van der Waals surface area contributed by atoms with Crippen LogP contribution in [0.5, 0.6) is 0 Å². The molecule has 0 N–H and O–H groups in total. The van der Waals surface area contributed by atoms with Crippen LogP contribution in [0, 0.1) is 40.4 Å². The zero-order valence-corrected chi connectivity index (χ0v) is 16.6. The molecule has 0 bridgehead atoms. The number of hydrogen-bond acceptors (Lipinski definition) is 3. The van der Waals surface area contributed by atoms with Gasteiger partial charge in [-0.1, -0.05) is 26.8 Å². The molecule has 1 unspecified atom stereocenters. The zero-order valence-electron chi connectivity index (χ0n) is 16.6. The lowest BCUT2D eigenvalue weighted by molar-refractivity contribution is -0.314. The number of fused-ring (bicyclic) bond motifs is 5. The first-order valence-electron chi connectivity index (χ1n) is 10.4. The van der Waals surface area contributed by atoms with Crippen LogP contribution in [0.2, 0.25) is 0 Å². The van der Waals surface area contributed by atoms with Crippen molar-refractivity contribution in [3.8, 4) is 0 Å². The third kappa shape index (κ3) is 2.26. The maximum atomic E-state index is 12.2. The average molecular weight is 359 g/mol. The van der Waals surface area contributed by atoms with E-state index in [2.05, 4.69) is 19.9 Å². The molecule has 4 aliphatic rings. The first-order chi connectivity index (χ1) is 12.2. The van der Waals surface area contributed by atoms with Crippen molar-refractivity contribution in [2.45, 2.75) is 65.7 Å². The van der Waals surface area contributed by atoms with Crippen LogP contribution in [0.3, 0.4) is 0 Å². The van der Waals surface area contributed by atoms with Crippen LogP contribution in [-0.2, 0) is 9.59 Å². The number of rotatable bonds is 2. The summed E-state index contributed by atoms with van der Waals surface area (Å²) < 4.78 is 0. The second-order valence-electron chi connectivity index (χ2n) is 9.91. The Kier molecular flexibility index (Phi) is 4.06.